The average Bonchev–Trinajstić information content (AvgIpc) is 2.73. The first kappa shape index (κ1) is 20.6. The van der Waals surface area contributed by atoms with Crippen molar-refractivity contribution in [3.8, 4) is 5.75 Å². The first-order chi connectivity index (χ1) is 14.4. The summed E-state index contributed by atoms with van der Waals surface area (Å²) < 4.78 is 5.45. The van der Waals surface area contributed by atoms with Crippen molar-refractivity contribution in [1.82, 2.24) is 0 Å². The maximum absolute atomic E-state index is 12.4. The van der Waals surface area contributed by atoms with Crippen LogP contribution in [0.4, 0.5) is 11.4 Å². The van der Waals surface area contributed by atoms with Crippen molar-refractivity contribution in [3.05, 3.63) is 89.5 Å². The summed E-state index contributed by atoms with van der Waals surface area (Å²) in [7, 11) is 0. The van der Waals surface area contributed by atoms with Gasteiger partial charge < -0.3 is 25.3 Å². The third-order valence-corrected chi connectivity index (χ3v) is 4.19. The SMILES string of the molecule is Cc1cccc(OCC(=O)Nc2ccc(C(=O)Nc3ccccc3C(=O)[O-])cc2)c1. The number of para-hydroxylation sites is 1. The van der Waals surface area contributed by atoms with Crippen molar-refractivity contribution in [2.75, 3.05) is 17.2 Å². The van der Waals surface area contributed by atoms with Gasteiger partial charge in [0.2, 0.25) is 0 Å². The lowest BCUT2D eigenvalue weighted by Crippen LogP contribution is -2.24. The highest BCUT2D eigenvalue weighted by Crippen LogP contribution is 2.17. The standard InChI is InChI=1S/C23H20N2O5/c1-15-5-4-6-18(13-15)30-14-21(26)24-17-11-9-16(10-12-17)22(27)25-20-8-3-2-7-19(20)23(28)29/h2-13H,14H2,1H3,(H,24,26)(H,25,27)(H,28,29)/p-1. The third-order valence-electron chi connectivity index (χ3n) is 4.19. The van der Waals surface area contributed by atoms with E-state index in [4.69, 9.17) is 4.74 Å². The molecule has 0 fully saturated rings. The number of benzene rings is 3. The van der Waals surface area contributed by atoms with Gasteiger partial charge in [0, 0.05) is 16.8 Å². The lowest BCUT2D eigenvalue weighted by molar-refractivity contribution is -0.254. The molecule has 0 aliphatic rings. The van der Waals surface area contributed by atoms with Gasteiger partial charge in [0.05, 0.1) is 11.7 Å². The molecule has 3 aromatic rings. The monoisotopic (exact) mass is 403 g/mol. The number of ether oxygens (including phenoxy) is 1. The predicted octanol–water partition coefficient (Wildman–Crippen LogP) is 2.63. The van der Waals surface area contributed by atoms with E-state index in [1.807, 2.05) is 25.1 Å². The minimum atomic E-state index is -1.38. The van der Waals surface area contributed by atoms with E-state index in [0.29, 0.717) is 17.0 Å². The molecule has 0 atom stereocenters. The molecule has 30 heavy (non-hydrogen) atoms. The molecule has 7 nitrogen and oxygen atoms in total. The van der Waals surface area contributed by atoms with E-state index in [0.717, 1.165) is 5.56 Å². The second-order valence-electron chi connectivity index (χ2n) is 6.52. The van der Waals surface area contributed by atoms with Crippen LogP contribution in [0.3, 0.4) is 0 Å². The molecule has 3 aromatic carbocycles. The minimum Gasteiger partial charge on any atom is -0.545 e. The van der Waals surface area contributed by atoms with E-state index in [2.05, 4.69) is 10.6 Å². The molecule has 3 rings (SSSR count). The zero-order valence-electron chi connectivity index (χ0n) is 16.2. The van der Waals surface area contributed by atoms with E-state index in [-0.39, 0.29) is 23.8 Å². The zero-order valence-corrected chi connectivity index (χ0v) is 16.2. The molecular weight excluding hydrogens is 384 g/mol. The summed E-state index contributed by atoms with van der Waals surface area (Å²) in [6.45, 7) is 1.79. The van der Waals surface area contributed by atoms with Gasteiger partial charge in [-0.25, -0.2) is 0 Å². The summed E-state index contributed by atoms with van der Waals surface area (Å²) in [5.41, 5.74) is 1.87. The lowest BCUT2D eigenvalue weighted by Gasteiger charge is -2.12. The summed E-state index contributed by atoms with van der Waals surface area (Å²) in [6.07, 6.45) is 0. The van der Waals surface area contributed by atoms with E-state index in [1.165, 1.54) is 24.3 Å². The van der Waals surface area contributed by atoms with Crippen LogP contribution in [0.5, 0.6) is 5.75 Å². The number of carbonyl (C=O) groups excluding carboxylic acids is 3. The maximum atomic E-state index is 12.4. The maximum Gasteiger partial charge on any atom is 0.262 e. The van der Waals surface area contributed by atoms with E-state index in [9.17, 15) is 19.5 Å². The number of carboxylic acids is 1. The highest BCUT2D eigenvalue weighted by molar-refractivity contribution is 6.07. The minimum absolute atomic E-state index is 0.108. The Morgan fingerprint density at radius 1 is 0.900 bits per heavy atom. The smallest absolute Gasteiger partial charge is 0.262 e. The van der Waals surface area contributed by atoms with Gasteiger partial charge in [-0.2, -0.15) is 0 Å². The molecule has 0 saturated heterocycles. The fraction of sp³-hybridized carbons (Fsp3) is 0.0870. The number of aryl methyl sites for hydroxylation is 1. The molecule has 7 heteroatoms. The van der Waals surface area contributed by atoms with Crippen LogP contribution in [-0.4, -0.2) is 24.4 Å². The largest absolute Gasteiger partial charge is 0.545 e. The Kier molecular flexibility index (Phi) is 6.44. The van der Waals surface area contributed by atoms with Crippen LogP contribution < -0.4 is 20.5 Å². The normalized spacial score (nSPS) is 10.2. The molecule has 0 aliphatic carbocycles. The Balaban J connectivity index is 1.57. The fourth-order valence-corrected chi connectivity index (χ4v) is 2.72. The highest BCUT2D eigenvalue weighted by atomic mass is 16.5. The summed E-state index contributed by atoms with van der Waals surface area (Å²) >= 11 is 0. The van der Waals surface area contributed by atoms with Crippen LogP contribution >= 0.6 is 0 Å². The van der Waals surface area contributed by atoms with Crippen molar-refractivity contribution in [1.29, 1.82) is 0 Å². The summed E-state index contributed by atoms with van der Waals surface area (Å²) in [6, 6.07) is 19.6. The molecule has 0 radical (unpaired) electrons. The van der Waals surface area contributed by atoms with E-state index >= 15 is 0 Å². The van der Waals surface area contributed by atoms with Gasteiger partial charge in [0.15, 0.2) is 6.61 Å². The number of nitrogens with one attached hydrogen (secondary N) is 2. The quantitative estimate of drug-likeness (QED) is 0.631. The number of anilines is 2. The molecule has 152 valence electrons. The van der Waals surface area contributed by atoms with Crippen molar-refractivity contribution >= 4 is 29.2 Å². The number of rotatable bonds is 7. The van der Waals surface area contributed by atoms with Crippen LogP contribution in [0, 0.1) is 6.92 Å². The Hall–Kier alpha value is -4.13. The Bertz CT molecular complexity index is 1080. The number of carboxylic acid groups (broad SMARTS) is 1. The Labute approximate surface area is 173 Å². The van der Waals surface area contributed by atoms with Crippen LogP contribution in [0.25, 0.3) is 0 Å². The average molecular weight is 403 g/mol. The summed E-state index contributed by atoms with van der Waals surface area (Å²) in [5.74, 6) is -1.59. The van der Waals surface area contributed by atoms with Crippen molar-refractivity contribution in [2.24, 2.45) is 0 Å². The van der Waals surface area contributed by atoms with Gasteiger partial charge in [-0.1, -0.05) is 30.3 Å². The summed E-state index contributed by atoms with van der Waals surface area (Å²) in [4.78, 5) is 35.6. The molecule has 0 heterocycles. The van der Waals surface area contributed by atoms with Crippen molar-refractivity contribution in [3.63, 3.8) is 0 Å². The molecular formula is C23H19N2O5-. The molecule has 0 aliphatic heterocycles. The van der Waals surface area contributed by atoms with Gasteiger partial charge in [0.25, 0.3) is 11.8 Å². The number of carbonyl (C=O) groups is 3. The van der Waals surface area contributed by atoms with Gasteiger partial charge in [-0.15, -0.1) is 0 Å². The molecule has 0 aromatic heterocycles. The molecule has 0 saturated carbocycles. The highest BCUT2D eigenvalue weighted by Gasteiger charge is 2.10. The topological polar surface area (TPSA) is 108 Å². The van der Waals surface area contributed by atoms with Gasteiger partial charge in [-0.3, -0.25) is 9.59 Å². The predicted molar refractivity (Wildman–Crippen MR) is 110 cm³/mol. The first-order valence-electron chi connectivity index (χ1n) is 9.13. The van der Waals surface area contributed by atoms with E-state index < -0.39 is 11.9 Å². The third kappa shape index (κ3) is 5.45. The van der Waals surface area contributed by atoms with Crippen LogP contribution in [0.15, 0.2) is 72.8 Å². The van der Waals surface area contributed by atoms with Gasteiger partial charge >= 0.3 is 0 Å². The van der Waals surface area contributed by atoms with Gasteiger partial charge in [-0.05, 0) is 55.0 Å². The Morgan fingerprint density at radius 3 is 2.33 bits per heavy atom. The van der Waals surface area contributed by atoms with Crippen molar-refractivity contribution in [2.45, 2.75) is 6.92 Å². The molecule has 0 unspecified atom stereocenters. The van der Waals surface area contributed by atoms with Gasteiger partial charge in [0.1, 0.15) is 5.75 Å². The number of hydrogen-bond acceptors (Lipinski definition) is 5. The molecule has 0 bridgehead atoms. The van der Waals surface area contributed by atoms with Crippen LogP contribution in [0.1, 0.15) is 26.3 Å². The lowest BCUT2D eigenvalue weighted by atomic mass is 10.1. The second-order valence-corrected chi connectivity index (χ2v) is 6.52. The Morgan fingerprint density at radius 2 is 1.63 bits per heavy atom. The number of aromatic carboxylic acids is 1. The van der Waals surface area contributed by atoms with Crippen molar-refractivity contribution < 1.29 is 24.2 Å². The fourth-order valence-electron chi connectivity index (χ4n) is 2.72. The summed E-state index contributed by atoms with van der Waals surface area (Å²) in [5, 5.41) is 16.4. The number of amides is 2. The van der Waals surface area contributed by atoms with Crippen LogP contribution in [0.2, 0.25) is 0 Å². The zero-order chi connectivity index (χ0) is 21.5. The number of hydrogen-bond donors (Lipinski definition) is 2. The second kappa shape index (κ2) is 9.38. The first-order valence-corrected chi connectivity index (χ1v) is 9.13. The molecule has 2 N–H and O–H groups in total. The van der Waals surface area contributed by atoms with E-state index in [1.54, 1.807) is 30.3 Å². The molecule has 2 amide bonds. The van der Waals surface area contributed by atoms with Crippen LogP contribution in [-0.2, 0) is 4.79 Å². The molecule has 0 spiro atoms.